The van der Waals surface area contributed by atoms with Crippen molar-refractivity contribution >= 4 is 29.2 Å². The molecule has 116 valence electrons. The lowest BCUT2D eigenvalue weighted by atomic mass is 10.1. The van der Waals surface area contributed by atoms with Crippen LogP contribution < -0.4 is 10.5 Å². The third kappa shape index (κ3) is 5.58. The minimum Gasteiger partial charge on any atom is -0.485 e. The molecule has 0 aromatic heterocycles. The van der Waals surface area contributed by atoms with E-state index in [1.54, 1.807) is 38.1 Å². The first-order chi connectivity index (χ1) is 9.85. The molecule has 0 saturated carbocycles. The molecule has 0 aliphatic rings. The van der Waals surface area contributed by atoms with Crippen LogP contribution in [0.25, 0.3) is 0 Å². The van der Waals surface area contributed by atoms with Gasteiger partial charge >= 0.3 is 5.97 Å². The van der Waals surface area contributed by atoms with Crippen molar-refractivity contribution in [2.75, 3.05) is 0 Å². The molecular weight excluding hydrogens is 313 g/mol. The standard InChI is InChI=1S/C15H19Cl2NO3/c1-4-5-13(10(3)20-15(19)9(2)18)21-14-7-6-11(16)8-12(14)17/h4,6-10,13H,1,5,18H2,2-3H3/t9-,10-,13+/m0/s1. The number of halogens is 2. The normalized spacial score (nSPS) is 14.9. The van der Waals surface area contributed by atoms with Gasteiger partial charge in [-0.1, -0.05) is 29.3 Å². The van der Waals surface area contributed by atoms with Gasteiger partial charge in [-0.15, -0.1) is 6.58 Å². The van der Waals surface area contributed by atoms with Crippen LogP contribution in [-0.2, 0) is 9.53 Å². The number of esters is 1. The van der Waals surface area contributed by atoms with Crippen LogP contribution in [0.2, 0.25) is 10.0 Å². The van der Waals surface area contributed by atoms with Gasteiger partial charge in [0.2, 0.25) is 0 Å². The van der Waals surface area contributed by atoms with Gasteiger partial charge in [-0.3, -0.25) is 4.79 Å². The summed E-state index contributed by atoms with van der Waals surface area (Å²) >= 11 is 11.9. The Balaban J connectivity index is 2.81. The Hall–Kier alpha value is -1.23. The van der Waals surface area contributed by atoms with Gasteiger partial charge in [-0.05, 0) is 32.0 Å². The monoisotopic (exact) mass is 331 g/mol. The molecule has 0 fully saturated rings. The molecule has 3 atom stereocenters. The predicted molar refractivity (Wildman–Crippen MR) is 84.9 cm³/mol. The largest absolute Gasteiger partial charge is 0.485 e. The number of rotatable bonds is 7. The first kappa shape index (κ1) is 17.8. The van der Waals surface area contributed by atoms with Crippen molar-refractivity contribution in [1.29, 1.82) is 0 Å². The molecule has 0 amide bonds. The van der Waals surface area contributed by atoms with E-state index in [1.165, 1.54) is 0 Å². The molecule has 0 radical (unpaired) electrons. The molecule has 2 N–H and O–H groups in total. The number of hydrogen-bond donors (Lipinski definition) is 1. The summed E-state index contributed by atoms with van der Waals surface area (Å²) in [6.07, 6.45) is 1.27. The Kier molecular flexibility index (Phi) is 7.02. The molecule has 4 nitrogen and oxygen atoms in total. The molecule has 0 heterocycles. The molecule has 0 bridgehead atoms. The Labute approximate surface area is 134 Å². The minimum absolute atomic E-state index is 0.391. The molecule has 0 spiro atoms. The van der Waals surface area contributed by atoms with Crippen molar-refractivity contribution < 1.29 is 14.3 Å². The molecule has 6 heteroatoms. The van der Waals surface area contributed by atoms with Crippen LogP contribution in [0, 0.1) is 0 Å². The highest BCUT2D eigenvalue weighted by atomic mass is 35.5. The van der Waals surface area contributed by atoms with E-state index >= 15 is 0 Å². The van der Waals surface area contributed by atoms with Crippen LogP contribution >= 0.6 is 23.2 Å². The molecule has 1 aromatic rings. The van der Waals surface area contributed by atoms with Gasteiger partial charge in [-0.25, -0.2) is 0 Å². The fraction of sp³-hybridized carbons (Fsp3) is 0.400. The maximum atomic E-state index is 11.6. The molecule has 0 unspecified atom stereocenters. The Morgan fingerprint density at radius 1 is 1.43 bits per heavy atom. The summed E-state index contributed by atoms with van der Waals surface area (Å²) in [6.45, 7) is 6.97. The average molecular weight is 332 g/mol. The van der Waals surface area contributed by atoms with E-state index in [1.807, 2.05) is 0 Å². The molecule has 1 rings (SSSR count). The van der Waals surface area contributed by atoms with Crippen molar-refractivity contribution in [2.45, 2.75) is 38.5 Å². The van der Waals surface area contributed by atoms with Crippen molar-refractivity contribution in [3.63, 3.8) is 0 Å². The van der Waals surface area contributed by atoms with Gasteiger partial charge in [0.05, 0.1) is 5.02 Å². The lowest BCUT2D eigenvalue weighted by molar-refractivity contribution is -0.153. The second kappa shape index (κ2) is 8.27. The van der Waals surface area contributed by atoms with Gasteiger partial charge in [0.25, 0.3) is 0 Å². The quantitative estimate of drug-likeness (QED) is 0.612. The predicted octanol–water partition coefficient (Wildman–Crippen LogP) is 3.60. The Morgan fingerprint density at radius 2 is 2.10 bits per heavy atom. The van der Waals surface area contributed by atoms with Crippen molar-refractivity contribution in [3.8, 4) is 5.75 Å². The summed E-state index contributed by atoms with van der Waals surface area (Å²) in [5.41, 5.74) is 5.48. The zero-order valence-electron chi connectivity index (χ0n) is 12.0. The fourth-order valence-corrected chi connectivity index (χ4v) is 2.05. The molecule has 1 aromatic carbocycles. The zero-order valence-corrected chi connectivity index (χ0v) is 13.5. The van der Waals surface area contributed by atoms with Crippen molar-refractivity contribution in [3.05, 3.63) is 40.9 Å². The second-order valence-corrected chi connectivity index (χ2v) is 5.53. The maximum Gasteiger partial charge on any atom is 0.323 e. The highest BCUT2D eigenvalue weighted by Crippen LogP contribution is 2.29. The summed E-state index contributed by atoms with van der Waals surface area (Å²) in [5, 5.41) is 0.909. The number of ether oxygens (including phenoxy) is 2. The van der Waals surface area contributed by atoms with Gasteiger partial charge in [0.15, 0.2) is 0 Å². The van der Waals surface area contributed by atoms with Gasteiger partial charge in [0.1, 0.15) is 24.0 Å². The first-order valence-electron chi connectivity index (χ1n) is 6.53. The van der Waals surface area contributed by atoms with Crippen LogP contribution in [0.3, 0.4) is 0 Å². The van der Waals surface area contributed by atoms with Crippen LogP contribution in [-0.4, -0.2) is 24.2 Å². The number of carbonyl (C=O) groups is 1. The average Bonchev–Trinajstić information content (AvgIpc) is 2.40. The second-order valence-electron chi connectivity index (χ2n) is 4.69. The third-order valence-corrected chi connectivity index (χ3v) is 3.30. The fourth-order valence-electron chi connectivity index (χ4n) is 1.60. The highest BCUT2D eigenvalue weighted by Gasteiger charge is 2.24. The smallest absolute Gasteiger partial charge is 0.323 e. The summed E-state index contributed by atoms with van der Waals surface area (Å²) in [7, 11) is 0. The highest BCUT2D eigenvalue weighted by molar-refractivity contribution is 6.35. The van der Waals surface area contributed by atoms with Gasteiger partial charge in [-0.2, -0.15) is 0 Å². The van der Waals surface area contributed by atoms with E-state index in [9.17, 15) is 4.79 Å². The SMILES string of the molecule is C=CC[C@@H](Oc1ccc(Cl)cc1Cl)[C@H](C)OC(=O)[C@H](C)N. The van der Waals surface area contributed by atoms with E-state index in [2.05, 4.69) is 6.58 Å². The lowest BCUT2D eigenvalue weighted by Gasteiger charge is -2.25. The third-order valence-electron chi connectivity index (χ3n) is 2.77. The molecule has 0 aliphatic heterocycles. The number of benzene rings is 1. The van der Waals surface area contributed by atoms with Gasteiger partial charge < -0.3 is 15.2 Å². The molecule has 21 heavy (non-hydrogen) atoms. The number of carbonyl (C=O) groups excluding carboxylic acids is 1. The number of hydrogen-bond acceptors (Lipinski definition) is 4. The van der Waals surface area contributed by atoms with E-state index < -0.39 is 24.2 Å². The van der Waals surface area contributed by atoms with Crippen LogP contribution in [0.4, 0.5) is 0 Å². The van der Waals surface area contributed by atoms with Gasteiger partial charge in [0, 0.05) is 11.4 Å². The van der Waals surface area contributed by atoms with Crippen LogP contribution in [0.5, 0.6) is 5.75 Å². The number of nitrogens with two attached hydrogens (primary N) is 1. The van der Waals surface area contributed by atoms with E-state index in [4.69, 9.17) is 38.4 Å². The minimum atomic E-state index is -0.684. The topological polar surface area (TPSA) is 61.5 Å². The summed E-state index contributed by atoms with van der Waals surface area (Å²) in [6, 6.07) is 4.24. The first-order valence-corrected chi connectivity index (χ1v) is 7.29. The van der Waals surface area contributed by atoms with Crippen molar-refractivity contribution in [1.82, 2.24) is 0 Å². The van der Waals surface area contributed by atoms with E-state index in [-0.39, 0.29) is 0 Å². The van der Waals surface area contributed by atoms with Crippen molar-refractivity contribution in [2.24, 2.45) is 5.73 Å². The Morgan fingerprint density at radius 3 is 2.62 bits per heavy atom. The summed E-state index contributed by atoms with van der Waals surface area (Å²) in [4.78, 5) is 11.6. The van der Waals surface area contributed by atoms with Crippen LogP contribution in [0.15, 0.2) is 30.9 Å². The Bertz CT molecular complexity index is 506. The zero-order chi connectivity index (χ0) is 16.0. The lowest BCUT2D eigenvalue weighted by Crippen LogP contribution is -2.38. The van der Waals surface area contributed by atoms with Crippen LogP contribution in [0.1, 0.15) is 20.3 Å². The molecular formula is C15H19Cl2NO3. The molecule has 0 aliphatic carbocycles. The summed E-state index contributed by atoms with van der Waals surface area (Å²) < 4.78 is 11.1. The molecule has 0 saturated heterocycles. The van der Waals surface area contributed by atoms with E-state index in [0.717, 1.165) is 0 Å². The summed E-state index contributed by atoms with van der Waals surface area (Å²) in [5.74, 6) is -0.0148. The van der Waals surface area contributed by atoms with E-state index in [0.29, 0.717) is 22.2 Å². The maximum absolute atomic E-state index is 11.6.